The summed E-state index contributed by atoms with van der Waals surface area (Å²) in [6.07, 6.45) is 1.27. The largest absolute Gasteiger partial charge is 0.546 e. The van der Waals surface area contributed by atoms with Crippen LogP contribution in [0.15, 0.2) is 23.3 Å². The Morgan fingerprint density at radius 2 is 2.04 bits per heavy atom. The standard InChI is InChI=1S/C14H16ClN3O5/c1-8(2)17-13(21)14(22)18-16-6-9-3-4-11(10(15)5-9)23-7-12(19)20/h3-6,8H,7H2,1-2H3,(H,17,21)(H,18,22)(H,19,20)/p-1/b16-6-. The van der Waals surface area contributed by atoms with Crippen LogP contribution in [0.1, 0.15) is 19.4 Å². The quantitative estimate of drug-likeness (QED) is 0.409. The van der Waals surface area contributed by atoms with Gasteiger partial charge in [0, 0.05) is 6.04 Å². The van der Waals surface area contributed by atoms with E-state index in [-0.39, 0.29) is 16.8 Å². The van der Waals surface area contributed by atoms with E-state index in [1.165, 1.54) is 18.3 Å². The van der Waals surface area contributed by atoms with Gasteiger partial charge in [0.05, 0.1) is 17.2 Å². The summed E-state index contributed by atoms with van der Waals surface area (Å²) in [5.41, 5.74) is 2.58. The van der Waals surface area contributed by atoms with E-state index in [9.17, 15) is 19.5 Å². The third-order valence-corrected chi connectivity index (χ3v) is 2.60. The molecule has 0 aliphatic heterocycles. The molecular formula is C14H15ClN3O5-. The number of carboxylic acids is 1. The maximum Gasteiger partial charge on any atom is 0.329 e. The van der Waals surface area contributed by atoms with Gasteiger partial charge in [0.2, 0.25) is 0 Å². The summed E-state index contributed by atoms with van der Waals surface area (Å²) in [5.74, 6) is -2.88. The minimum atomic E-state index is -1.37. The van der Waals surface area contributed by atoms with Gasteiger partial charge in [0.15, 0.2) is 0 Å². The highest BCUT2D eigenvalue weighted by atomic mass is 35.5. The molecule has 124 valence electrons. The number of benzene rings is 1. The molecule has 0 spiro atoms. The number of hydrogen-bond acceptors (Lipinski definition) is 6. The van der Waals surface area contributed by atoms with Gasteiger partial charge in [-0.3, -0.25) is 9.59 Å². The Kier molecular flexibility index (Phi) is 7.01. The summed E-state index contributed by atoms with van der Waals surface area (Å²) >= 11 is 5.91. The van der Waals surface area contributed by atoms with Crippen molar-refractivity contribution >= 4 is 35.6 Å². The van der Waals surface area contributed by atoms with E-state index in [0.29, 0.717) is 5.56 Å². The van der Waals surface area contributed by atoms with E-state index < -0.39 is 24.4 Å². The van der Waals surface area contributed by atoms with Crippen LogP contribution in [0.3, 0.4) is 0 Å². The summed E-state index contributed by atoms with van der Waals surface area (Å²) < 4.78 is 4.90. The number of halogens is 1. The highest BCUT2D eigenvalue weighted by molar-refractivity contribution is 6.35. The van der Waals surface area contributed by atoms with Crippen molar-refractivity contribution in [1.82, 2.24) is 10.7 Å². The normalized spacial score (nSPS) is 10.6. The van der Waals surface area contributed by atoms with E-state index in [0.717, 1.165) is 0 Å². The number of carboxylic acid groups (broad SMARTS) is 1. The summed E-state index contributed by atoms with van der Waals surface area (Å²) in [6.45, 7) is 2.83. The Bertz CT molecular complexity index is 631. The first-order chi connectivity index (χ1) is 10.8. The Morgan fingerprint density at radius 1 is 1.35 bits per heavy atom. The van der Waals surface area contributed by atoms with Crippen LogP contribution in [0.25, 0.3) is 0 Å². The molecule has 0 atom stereocenters. The minimum Gasteiger partial charge on any atom is -0.546 e. The molecule has 0 radical (unpaired) electrons. The molecule has 9 heteroatoms. The molecule has 23 heavy (non-hydrogen) atoms. The predicted molar refractivity (Wildman–Crippen MR) is 81.0 cm³/mol. The van der Waals surface area contributed by atoms with E-state index in [1.54, 1.807) is 19.9 Å². The lowest BCUT2D eigenvalue weighted by Crippen LogP contribution is -2.41. The summed E-state index contributed by atoms with van der Waals surface area (Å²) in [7, 11) is 0. The number of amides is 2. The second-order valence-electron chi connectivity index (χ2n) is 4.68. The van der Waals surface area contributed by atoms with Crippen molar-refractivity contribution in [2.75, 3.05) is 6.61 Å². The van der Waals surface area contributed by atoms with Gasteiger partial charge in [-0.1, -0.05) is 11.6 Å². The van der Waals surface area contributed by atoms with Gasteiger partial charge < -0.3 is 20.0 Å². The molecule has 0 saturated carbocycles. The Balaban J connectivity index is 2.60. The molecule has 0 aromatic heterocycles. The Hall–Kier alpha value is -2.61. The molecule has 2 amide bonds. The third kappa shape index (κ3) is 6.79. The average molecular weight is 341 g/mol. The van der Waals surface area contributed by atoms with Gasteiger partial charge in [-0.25, -0.2) is 5.43 Å². The number of nitrogens with zero attached hydrogens (tertiary/aromatic N) is 1. The van der Waals surface area contributed by atoms with Crippen LogP contribution in [0, 0.1) is 0 Å². The Labute approximate surface area is 137 Å². The van der Waals surface area contributed by atoms with E-state index >= 15 is 0 Å². The SMILES string of the molecule is CC(C)NC(=O)C(=O)N/N=C\c1ccc(OCC(=O)[O-])c(Cl)c1. The maximum atomic E-state index is 11.4. The number of aliphatic carboxylic acids is 1. The topological polar surface area (TPSA) is 120 Å². The minimum absolute atomic E-state index is 0.162. The molecule has 0 saturated heterocycles. The summed E-state index contributed by atoms with van der Waals surface area (Å²) in [4.78, 5) is 33.0. The summed E-state index contributed by atoms with van der Waals surface area (Å²) in [6, 6.07) is 4.28. The van der Waals surface area contributed by atoms with E-state index in [2.05, 4.69) is 15.8 Å². The van der Waals surface area contributed by atoms with Gasteiger partial charge >= 0.3 is 11.8 Å². The molecule has 1 rings (SSSR count). The Morgan fingerprint density at radius 3 is 2.61 bits per heavy atom. The first-order valence-electron chi connectivity index (χ1n) is 6.55. The second-order valence-corrected chi connectivity index (χ2v) is 5.09. The van der Waals surface area contributed by atoms with Crippen LogP contribution in [0.2, 0.25) is 5.02 Å². The summed E-state index contributed by atoms with van der Waals surface area (Å²) in [5, 5.41) is 16.5. The van der Waals surface area contributed by atoms with Crippen LogP contribution in [-0.4, -0.2) is 36.6 Å². The number of hydrazone groups is 1. The van der Waals surface area contributed by atoms with Crippen LogP contribution in [0.5, 0.6) is 5.75 Å². The van der Waals surface area contributed by atoms with Crippen LogP contribution < -0.4 is 20.6 Å². The lowest BCUT2D eigenvalue weighted by molar-refractivity contribution is -0.307. The van der Waals surface area contributed by atoms with Crippen molar-refractivity contribution in [3.05, 3.63) is 28.8 Å². The molecule has 0 fully saturated rings. The highest BCUT2D eigenvalue weighted by Gasteiger charge is 2.12. The van der Waals surface area contributed by atoms with Gasteiger partial charge in [-0.15, -0.1) is 0 Å². The van der Waals surface area contributed by atoms with Crippen molar-refractivity contribution in [3.8, 4) is 5.75 Å². The molecule has 0 bridgehead atoms. The van der Waals surface area contributed by atoms with Crippen molar-refractivity contribution < 1.29 is 24.2 Å². The van der Waals surface area contributed by atoms with Crippen LogP contribution in [0.4, 0.5) is 0 Å². The maximum absolute atomic E-state index is 11.4. The predicted octanol–water partition coefficient (Wildman–Crippen LogP) is -0.557. The van der Waals surface area contributed by atoms with E-state index in [4.69, 9.17) is 16.3 Å². The van der Waals surface area contributed by atoms with Crippen molar-refractivity contribution in [2.24, 2.45) is 5.10 Å². The monoisotopic (exact) mass is 340 g/mol. The van der Waals surface area contributed by atoms with Crippen molar-refractivity contribution in [2.45, 2.75) is 19.9 Å². The first-order valence-corrected chi connectivity index (χ1v) is 6.93. The van der Waals surface area contributed by atoms with Gasteiger partial charge in [-0.2, -0.15) is 5.10 Å². The molecule has 2 N–H and O–H groups in total. The van der Waals surface area contributed by atoms with Crippen molar-refractivity contribution in [1.29, 1.82) is 0 Å². The molecular weight excluding hydrogens is 326 g/mol. The zero-order chi connectivity index (χ0) is 17.4. The fourth-order valence-electron chi connectivity index (χ4n) is 1.40. The molecule has 0 aliphatic carbocycles. The number of rotatable bonds is 6. The second kappa shape index (κ2) is 8.74. The van der Waals surface area contributed by atoms with Gasteiger partial charge in [-0.05, 0) is 37.6 Å². The fourth-order valence-corrected chi connectivity index (χ4v) is 1.64. The average Bonchev–Trinajstić information content (AvgIpc) is 2.45. The van der Waals surface area contributed by atoms with Gasteiger partial charge in [0.25, 0.3) is 0 Å². The number of hydrogen-bond donors (Lipinski definition) is 2. The highest BCUT2D eigenvalue weighted by Crippen LogP contribution is 2.24. The van der Waals surface area contributed by atoms with Crippen molar-refractivity contribution in [3.63, 3.8) is 0 Å². The number of ether oxygens (including phenoxy) is 1. The molecule has 0 heterocycles. The molecule has 0 unspecified atom stereocenters. The molecule has 1 aromatic carbocycles. The molecule has 1 aromatic rings. The lowest BCUT2D eigenvalue weighted by atomic mass is 10.2. The number of carbonyl (C=O) groups excluding carboxylic acids is 3. The smallest absolute Gasteiger partial charge is 0.329 e. The zero-order valence-electron chi connectivity index (χ0n) is 12.5. The third-order valence-electron chi connectivity index (χ3n) is 2.31. The zero-order valence-corrected chi connectivity index (χ0v) is 13.2. The van der Waals surface area contributed by atoms with E-state index in [1.807, 2.05) is 0 Å². The van der Waals surface area contributed by atoms with Crippen LogP contribution >= 0.6 is 11.6 Å². The lowest BCUT2D eigenvalue weighted by Gasteiger charge is -2.08. The van der Waals surface area contributed by atoms with Crippen LogP contribution in [-0.2, 0) is 14.4 Å². The fraction of sp³-hybridized carbons (Fsp3) is 0.286. The van der Waals surface area contributed by atoms with Gasteiger partial charge in [0.1, 0.15) is 12.4 Å². The molecule has 8 nitrogen and oxygen atoms in total. The number of nitrogens with one attached hydrogen (secondary N) is 2. The first kappa shape index (κ1) is 18.4. The molecule has 0 aliphatic rings. The number of carbonyl (C=O) groups is 3.